The molecule has 3 rings (SSSR count). The molecule has 0 spiro atoms. The van der Waals surface area contributed by atoms with Gasteiger partial charge in [-0.25, -0.2) is 9.59 Å². The molecule has 2 heterocycles. The van der Waals surface area contributed by atoms with Gasteiger partial charge >= 0.3 is 12.0 Å². The molecule has 2 aliphatic rings. The van der Waals surface area contributed by atoms with E-state index in [0.29, 0.717) is 24.4 Å². The molecule has 6 nitrogen and oxygen atoms in total. The summed E-state index contributed by atoms with van der Waals surface area (Å²) in [5.41, 5.74) is 3.73. The smallest absolute Gasteiger partial charge is 0.337 e. The van der Waals surface area contributed by atoms with E-state index >= 15 is 0 Å². The van der Waals surface area contributed by atoms with Gasteiger partial charge in [-0.05, 0) is 31.4 Å². The number of urea groups is 1. The molecule has 1 aromatic rings. The summed E-state index contributed by atoms with van der Waals surface area (Å²) in [6, 6.07) is 9.71. The minimum atomic E-state index is -0.375. The van der Waals surface area contributed by atoms with E-state index in [1.807, 2.05) is 18.2 Å². The summed E-state index contributed by atoms with van der Waals surface area (Å²) >= 11 is 0. The first-order chi connectivity index (χ1) is 12.6. The van der Waals surface area contributed by atoms with Crippen LogP contribution in [0.25, 0.3) is 5.57 Å². The number of benzene rings is 1. The highest BCUT2D eigenvalue weighted by molar-refractivity contribution is 5.94. The Morgan fingerprint density at radius 1 is 1.31 bits per heavy atom. The molecule has 0 aliphatic carbocycles. The summed E-state index contributed by atoms with van der Waals surface area (Å²) in [6.07, 6.45) is 3.16. The van der Waals surface area contributed by atoms with E-state index in [2.05, 4.69) is 33.7 Å². The highest BCUT2D eigenvalue weighted by Gasteiger charge is 2.30. The number of carbonyl (C=O) groups excluding carboxylic acids is 2. The lowest BCUT2D eigenvalue weighted by Crippen LogP contribution is -2.51. The predicted octanol–water partition coefficient (Wildman–Crippen LogP) is 2.29. The lowest BCUT2D eigenvalue weighted by atomic mass is 9.99. The molecular weight excluding hydrogens is 330 g/mol. The Labute approximate surface area is 153 Å². The number of carbonyl (C=O) groups is 2. The van der Waals surface area contributed by atoms with Crippen LogP contribution in [0.2, 0.25) is 0 Å². The van der Waals surface area contributed by atoms with Crippen LogP contribution >= 0.6 is 0 Å². The third-order valence-corrected chi connectivity index (χ3v) is 4.69. The third-order valence-electron chi connectivity index (χ3n) is 4.69. The van der Waals surface area contributed by atoms with Gasteiger partial charge in [-0.3, -0.25) is 4.90 Å². The van der Waals surface area contributed by atoms with Crippen molar-refractivity contribution in [3.63, 3.8) is 0 Å². The van der Waals surface area contributed by atoms with Gasteiger partial charge < -0.3 is 15.4 Å². The van der Waals surface area contributed by atoms with E-state index in [4.69, 9.17) is 4.74 Å². The molecule has 1 atom stereocenters. The molecule has 0 aromatic heterocycles. The first-order valence-corrected chi connectivity index (χ1v) is 9.03. The van der Waals surface area contributed by atoms with Gasteiger partial charge in [0.05, 0.1) is 18.2 Å². The van der Waals surface area contributed by atoms with Crippen LogP contribution in [-0.4, -0.2) is 49.2 Å². The van der Waals surface area contributed by atoms with Crippen molar-refractivity contribution in [1.82, 2.24) is 15.5 Å². The van der Waals surface area contributed by atoms with Crippen molar-refractivity contribution in [2.75, 3.05) is 26.2 Å². The second-order valence-electron chi connectivity index (χ2n) is 6.51. The van der Waals surface area contributed by atoms with Crippen molar-refractivity contribution in [2.45, 2.75) is 26.3 Å². The van der Waals surface area contributed by atoms with Gasteiger partial charge in [0.2, 0.25) is 0 Å². The van der Waals surface area contributed by atoms with Gasteiger partial charge in [0.25, 0.3) is 0 Å². The van der Waals surface area contributed by atoms with Crippen molar-refractivity contribution in [2.24, 2.45) is 0 Å². The highest BCUT2D eigenvalue weighted by Crippen LogP contribution is 2.23. The van der Waals surface area contributed by atoms with E-state index in [1.54, 1.807) is 13.8 Å². The number of hydrogen-bond acceptors (Lipinski definition) is 4. The summed E-state index contributed by atoms with van der Waals surface area (Å²) in [6.45, 7) is 6.06. The lowest BCUT2D eigenvalue weighted by molar-refractivity contribution is -0.139. The van der Waals surface area contributed by atoms with Gasteiger partial charge in [-0.2, -0.15) is 0 Å². The zero-order valence-corrected chi connectivity index (χ0v) is 15.2. The quantitative estimate of drug-likeness (QED) is 0.795. The number of nitrogens with zero attached hydrogens (tertiary/aromatic N) is 1. The molecule has 138 valence electrons. The Hall–Kier alpha value is -2.60. The molecule has 1 aromatic carbocycles. The number of rotatable bonds is 5. The van der Waals surface area contributed by atoms with Crippen molar-refractivity contribution < 1.29 is 14.3 Å². The predicted molar refractivity (Wildman–Crippen MR) is 100 cm³/mol. The van der Waals surface area contributed by atoms with Gasteiger partial charge in [-0.15, -0.1) is 0 Å². The second kappa shape index (κ2) is 8.19. The summed E-state index contributed by atoms with van der Waals surface area (Å²) in [7, 11) is 0. The zero-order chi connectivity index (χ0) is 18.5. The number of ether oxygens (including phenoxy) is 1. The fourth-order valence-electron chi connectivity index (χ4n) is 3.40. The maximum absolute atomic E-state index is 12.3. The van der Waals surface area contributed by atoms with Gasteiger partial charge in [0, 0.05) is 25.3 Å². The molecule has 26 heavy (non-hydrogen) atoms. The van der Waals surface area contributed by atoms with Gasteiger partial charge in [0.1, 0.15) is 0 Å². The van der Waals surface area contributed by atoms with Crippen LogP contribution in [-0.2, 0) is 9.53 Å². The summed E-state index contributed by atoms with van der Waals surface area (Å²) in [4.78, 5) is 26.4. The number of amides is 2. The van der Waals surface area contributed by atoms with Crippen LogP contribution < -0.4 is 10.6 Å². The van der Waals surface area contributed by atoms with E-state index in [0.717, 1.165) is 19.5 Å². The number of nitrogens with one attached hydrogen (secondary N) is 2. The van der Waals surface area contributed by atoms with Crippen LogP contribution in [0.3, 0.4) is 0 Å². The first-order valence-electron chi connectivity index (χ1n) is 9.03. The van der Waals surface area contributed by atoms with Crippen molar-refractivity contribution in [3.05, 3.63) is 53.2 Å². The van der Waals surface area contributed by atoms with Crippen LogP contribution in [0, 0.1) is 0 Å². The highest BCUT2D eigenvalue weighted by atomic mass is 16.5. The van der Waals surface area contributed by atoms with Gasteiger partial charge in [0.15, 0.2) is 0 Å². The van der Waals surface area contributed by atoms with Crippen LogP contribution in [0.5, 0.6) is 0 Å². The van der Waals surface area contributed by atoms with E-state index in [-0.39, 0.29) is 18.0 Å². The Balaban J connectivity index is 1.74. The molecule has 2 N–H and O–H groups in total. The molecule has 0 unspecified atom stereocenters. The monoisotopic (exact) mass is 355 g/mol. The van der Waals surface area contributed by atoms with E-state index in [1.165, 1.54) is 11.1 Å². The minimum absolute atomic E-state index is 0.280. The second-order valence-corrected chi connectivity index (χ2v) is 6.51. The van der Waals surface area contributed by atoms with E-state index < -0.39 is 0 Å². The fraction of sp³-hybridized carbons (Fsp3) is 0.400. The average Bonchev–Trinajstić information content (AvgIpc) is 2.63. The fourth-order valence-corrected chi connectivity index (χ4v) is 3.40. The summed E-state index contributed by atoms with van der Waals surface area (Å²) in [5.74, 6) is -0.375. The minimum Gasteiger partial charge on any atom is -0.463 e. The maximum Gasteiger partial charge on any atom is 0.337 e. The van der Waals surface area contributed by atoms with Crippen LogP contribution in [0.15, 0.2) is 47.7 Å². The lowest BCUT2D eigenvalue weighted by Gasteiger charge is -2.32. The Bertz CT molecular complexity index is 740. The molecule has 2 aliphatic heterocycles. The Kier molecular flexibility index (Phi) is 5.73. The number of esters is 1. The largest absolute Gasteiger partial charge is 0.463 e. The normalized spacial score (nSPS) is 20.9. The van der Waals surface area contributed by atoms with Crippen molar-refractivity contribution in [1.29, 1.82) is 0 Å². The third kappa shape index (κ3) is 4.14. The Morgan fingerprint density at radius 2 is 2.08 bits per heavy atom. The summed E-state index contributed by atoms with van der Waals surface area (Å²) in [5, 5.41) is 5.52. The summed E-state index contributed by atoms with van der Waals surface area (Å²) < 4.78 is 5.16. The van der Waals surface area contributed by atoms with E-state index in [9.17, 15) is 9.59 Å². The molecule has 0 fully saturated rings. The Morgan fingerprint density at radius 3 is 2.73 bits per heavy atom. The van der Waals surface area contributed by atoms with Crippen LogP contribution in [0.1, 0.15) is 25.8 Å². The molecule has 0 radical (unpaired) electrons. The number of hydrogen-bond donors (Lipinski definition) is 2. The zero-order valence-electron chi connectivity index (χ0n) is 15.2. The maximum atomic E-state index is 12.3. The molecule has 0 saturated carbocycles. The molecular formula is C20H25N3O3. The molecule has 0 saturated heterocycles. The van der Waals surface area contributed by atoms with Crippen molar-refractivity contribution >= 4 is 17.6 Å². The SMILES string of the molecule is CCOC(=O)C1=C(CN2CC=C(c3ccccc3)CC2)NC(=O)N[C@H]1C. The average molecular weight is 355 g/mol. The van der Waals surface area contributed by atoms with Crippen LogP contribution in [0.4, 0.5) is 4.79 Å². The van der Waals surface area contributed by atoms with Gasteiger partial charge in [-0.1, -0.05) is 36.4 Å². The van der Waals surface area contributed by atoms with Crippen molar-refractivity contribution in [3.8, 4) is 0 Å². The first kappa shape index (κ1) is 18.2. The molecule has 0 bridgehead atoms. The molecule has 2 amide bonds. The topological polar surface area (TPSA) is 70.7 Å². The molecule has 6 heteroatoms. The standard InChI is InChI=1S/C20H25N3O3/c1-3-26-19(24)18-14(2)21-20(25)22-17(18)13-23-11-9-16(10-12-23)15-7-5-4-6-8-15/h4-9,14H,3,10-13H2,1-2H3,(H2,21,22,25)/t14-/m0/s1.